The lowest BCUT2D eigenvalue weighted by atomic mass is 10.1. The van der Waals surface area contributed by atoms with E-state index in [1.807, 2.05) is 6.08 Å². The molecule has 96 valence electrons. The quantitative estimate of drug-likeness (QED) is 0.725. The van der Waals surface area contributed by atoms with Crippen LogP contribution in [0.2, 0.25) is 0 Å². The Hall–Kier alpha value is -0.860. The van der Waals surface area contributed by atoms with Crippen molar-refractivity contribution >= 4 is 0 Å². The topological polar surface area (TPSA) is 12.0 Å². The second-order valence-electron chi connectivity index (χ2n) is 5.05. The van der Waals surface area contributed by atoms with E-state index < -0.39 is 0 Å². The predicted molar refractivity (Wildman–Crippen MR) is 76.0 cm³/mol. The molecular formula is C15H27N2+. The van der Waals surface area contributed by atoms with Crippen molar-refractivity contribution in [3.63, 3.8) is 0 Å². The smallest absolute Gasteiger partial charge is 0.0911 e. The number of nitrogens with zero attached hydrogens (tertiary/aromatic N) is 1. The van der Waals surface area contributed by atoms with Gasteiger partial charge in [-0.1, -0.05) is 30.9 Å². The van der Waals surface area contributed by atoms with Crippen molar-refractivity contribution in [1.29, 1.82) is 0 Å². The van der Waals surface area contributed by atoms with Crippen molar-refractivity contribution in [2.45, 2.75) is 19.8 Å². The Bertz CT molecular complexity index is 283. The number of piperazine rings is 1. The average molecular weight is 235 g/mol. The highest BCUT2D eigenvalue weighted by atomic mass is 15.4. The van der Waals surface area contributed by atoms with Crippen LogP contribution < -0.4 is 5.32 Å². The molecule has 2 heteroatoms. The first-order chi connectivity index (χ1) is 8.20. The molecule has 0 atom stereocenters. The lowest BCUT2D eigenvalue weighted by Crippen LogP contribution is -2.55. The molecule has 1 aliphatic carbocycles. The van der Waals surface area contributed by atoms with Crippen LogP contribution in [0, 0.1) is 0 Å². The number of hydrogen-bond donors (Lipinski definition) is 1. The summed E-state index contributed by atoms with van der Waals surface area (Å²) in [6.07, 6.45) is 10.6. The van der Waals surface area contributed by atoms with Gasteiger partial charge in [0.1, 0.15) is 0 Å². The molecule has 1 heterocycles. The fraction of sp³-hybridized carbons (Fsp3) is 0.600. The molecule has 0 amide bonds. The molecule has 0 spiro atoms. The van der Waals surface area contributed by atoms with Crippen LogP contribution in [0.4, 0.5) is 0 Å². The number of nitrogens with one attached hydrogen (secondary N) is 1. The molecule has 2 nitrogen and oxygen atoms in total. The normalized spacial score (nSPS) is 22.1. The second kappa shape index (κ2) is 7.46. The van der Waals surface area contributed by atoms with E-state index in [1.54, 1.807) is 0 Å². The summed E-state index contributed by atoms with van der Waals surface area (Å²) in [5, 5.41) is 3.36. The van der Waals surface area contributed by atoms with E-state index in [0.717, 1.165) is 0 Å². The zero-order valence-electron chi connectivity index (χ0n) is 11.4. The van der Waals surface area contributed by atoms with Gasteiger partial charge in [0.05, 0.1) is 26.7 Å². The van der Waals surface area contributed by atoms with Gasteiger partial charge in [0.2, 0.25) is 0 Å². The van der Waals surface area contributed by atoms with Crippen molar-refractivity contribution in [2.24, 2.45) is 0 Å². The Morgan fingerprint density at radius 1 is 1.41 bits per heavy atom. The van der Waals surface area contributed by atoms with E-state index in [4.69, 9.17) is 0 Å². The maximum atomic E-state index is 3.68. The van der Waals surface area contributed by atoms with Gasteiger partial charge in [0.15, 0.2) is 0 Å². The van der Waals surface area contributed by atoms with E-state index in [9.17, 15) is 0 Å². The Balaban J connectivity index is 0.000000171. The van der Waals surface area contributed by atoms with Gasteiger partial charge >= 0.3 is 0 Å². The first kappa shape index (κ1) is 14.2. The number of likely N-dealkylation sites (N-methyl/N-ethyl adjacent to an activating group) is 1. The summed E-state index contributed by atoms with van der Waals surface area (Å²) in [7, 11) is 2.33. The minimum atomic E-state index is 1.17. The maximum Gasteiger partial charge on any atom is 0.0911 e. The molecule has 17 heavy (non-hydrogen) atoms. The summed E-state index contributed by atoms with van der Waals surface area (Å²) in [6, 6.07) is 0. The molecule has 0 unspecified atom stereocenters. The fourth-order valence-corrected chi connectivity index (χ4v) is 2.04. The summed E-state index contributed by atoms with van der Waals surface area (Å²) in [5.41, 5.74) is 1.35. The van der Waals surface area contributed by atoms with Crippen LogP contribution in [0.3, 0.4) is 0 Å². The van der Waals surface area contributed by atoms with Crippen LogP contribution in [0.5, 0.6) is 0 Å². The lowest BCUT2D eigenvalue weighted by molar-refractivity contribution is -0.909. The molecule has 0 aromatic carbocycles. The van der Waals surface area contributed by atoms with E-state index in [1.165, 1.54) is 55.6 Å². The summed E-state index contributed by atoms with van der Waals surface area (Å²) < 4.78 is 1.26. The molecular weight excluding hydrogens is 208 g/mol. The van der Waals surface area contributed by atoms with Crippen molar-refractivity contribution in [3.8, 4) is 0 Å². The largest absolute Gasteiger partial charge is 0.324 e. The Labute approximate surface area is 106 Å². The third kappa shape index (κ3) is 5.33. The summed E-state index contributed by atoms with van der Waals surface area (Å²) >= 11 is 0. The zero-order chi connectivity index (χ0) is 12.6. The molecule has 0 saturated carbocycles. The number of allylic oxidation sites excluding steroid dienone is 5. The molecule has 1 N–H and O–H groups in total. The van der Waals surface area contributed by atoms with Crippen LogP contribution >= 0.6 is 0 Å². The molecule has 2 aliphatic rings. The Morgan fingerprint density at radius 2 is 2.12 bits per heavy atom. The number of rotatable bonds is 2. The van der Waals surface area contributed by atoms with Gasteiger partial charge in [0, 0.05) is 13.1 Å². The van der Waals surface area contributed by atoms with Gasteiger partial charge in [-0.25, -0.2) is 0 Å². The molecule has 1 fully saturated rings. The van der Waals surface area contributed by atoms with Crippen LogP contribution in [-0.2, 0) is 0 Å². The van der Waals surface area contributed by atoms with Crippen molar-refractivity contribution in [3.05, 3.63) is 36.5 Å². The van der Waals surface area contributed by atoms with Gasteiger partial charge in [-0.2, -0.15) is 0 Å². The van der Waals surface area contributed by atoms with Crippen molar-refractivity contribution in [1.82, 2.24) is 5.32 Å². The van der Waals surface area contributed by atoms with E-state index in [-0.39, 0.29) is 0 Å². The van der Waals surface area contributed by atoms with Gasteiger partial charge in [0.25, 0.3) is 0 Å². The first-order valence-electron chi connectivity index (χ1n) is 6.72. The van der Waals surface area contributed by atoms with E-state index in [2.05, 4.69) is 44.1 Å². The van der Waals surface area contributed by atoms with Gasteiger partial charge in [-0.05, 0) is 25.3 Å². The molecule has 0 radical (unpaired) electrons. The Morgan fingerprint density at radius 3 is 2.47 bits per heavy atom. The minimum absolute atomic E-state index is 1.17. The molecule has 1 saturated heterocycles. The summed E-state index contributed by atoms with van der Waals surface area (Å²) in [4.78, 5) is 0. The van der Waals surface area contributed by atoms with Gasteiger partial charge in [-0.3, -0.25) is 0 Å². The number of quaternary nitrogens is 1. The highest BCUT2D eigenvalue weighted by Gasteiger charge is 2.21. The summed E-state index contributed by atoms with van der Waals surface area (Å²) in [6.45, 7) is 12.2. The van der Waals surface area contributed by atoms with Crippen molar-refractivity contribution < 1.29 is 4.48 Å². The maximum absolute atomic E-state index is 3.68. The average Bonchev–Trinajstić information content (AvgIpc) is 2.41. The van der Waals surface area contributed by atoms with E-state index in [0.29, 0.717) is 0 Å². The molecule has 0 bridgehead atoms. The summed E-state index contributed by atoms with van der Waals surface area (Å²) in [5.74, 6) is 0. The number of hydrogen-bond acceptors (Lipinski definition) is 1. The molecule has 0 aromatic rings. The van der Waals surface area contributed by atoms with Crippen LogP contribution in [0.1, 0.15) is 19.8 Å². The highest BCUT2D eigenvalue weighted by Crippen LogP contribution is 2.11. The predicted octanol–water partition coefficient (Wildman–Crippen LogP) is 2.50. The second-order valence-corrected chi connectivity index (χ2v) is 5.05. The Kier molecular flexibility index (Phi) is 6.23. The molecule has 0 aromatic heterocycles. The molecule has 1 aliphatic heterocycles. The zero-order valence-corrected chi connectivity index (χ0v) is 11.4. The highest BCUT2D eigenvalue weighted by molar-refractivity contribution is 5.25. The standard InChI is InChI=1S/C8H10.C7H17N2/c1-2-8-6-4-3-5-7-8;1-3-9(2)6-4-8-5-7-9/h2-4,6H,1,5,7H2;8H,3-7H2,1-2H3/q;+1. The van der Waals surface area contributed by atoms with E-state index >= 15 is 0 Å². The third-order valence-electron chi connectivity index (χ3n) is 3.73. The van der Waals surface area contributed by atoms with Crippen LogP contribution in [0.15, 0.2) is 36.5 Å². The lowest BCUT2D eigenvalue weighted by Gasteiger charge is -2.36. The third-order valence-corrected chi connectivity index (χ3v) is 3.73. The SMILES string of the molecule is C=CC1=CC=CCC1.CC[N+]1(C)CCNCC1. The van der Waals surface area contributed by atoms with Crippen molar-refractivity contribution in [2.75, 3.05) is 39.8 Å². The van der Waals surface area contributed by atoms with Gasteiger partial charge in [-0.15, -0.1) is 0 Å². The van der Waals surface area contributed by atoms with Crippen LogP contribution in [-0.4, -0.2) is 44.3 Å². The first-order valence-corrected chi connectivity index (χ1v) is 6.72. The van der Waals surface area contributed by atoms with Gasteiger partial charge < -0.3 is 9.80 Å². The monoisotopic (exact) mass is 235 g/mol. The van der Waals surface area contributed by atoms with Crippen LogP contribution in [0.25, 0.3) is 0 Å². The minimum Gasteiger partial charge on any atom is -0.324 e. The molecule has 2 rings (SSSR count). The fourth-order valence-electron chi connectivity index (χ4n) is 2.04.